The van der Waals surface area contributed by atoms with E-state index in [1.54, 1.807) is 0 Å². The van der Waals surface area contributed by atoms with Crippen LogP contribution in [-0.4, -0.2) is 62.2 Å². The molecule has 0 unspecified atom stereocenters. The van der Waals surface area contributed by atoms with Crippen molar-refractivity contribution in [3.8, 4) is 0 Å². The van der Waals surface area contributed by atoms with Crippen molar-refractivity contribution >= 4 is 0 Å². The number of hydrogen-bond acceptors (Lipinski definition) is 3. The fourth-order valence-corrected chi connectivity index (χ4v) is 3.19. The maximum Gasteiger partial charge on any atom is 0.0112 e. The van der Waals surface area contributed by atoms with E-state index in [0.717, 1.165) is 12.1 Å². The van der Waals surface area contributed by atoms with E-state index in [0.29, 0.717) is 0 Å². The topological polar surface area (TPSA) is 18.5 Å². The van der Waals surface area contributed by atoms with E-state index in [2.05, 4.69) is 29.2 Å². The predicted octanol–water partition coefficient (Wildman–Crippen LogP) is 1.15. The van der Waals surface area contributed by atoms with Gasteiger partial charge in [-0.05, 0) is 52.9 Å². The van der Waals surface area contributed by atoms with Gasteiger partial charge in [-0.15, -0.1) is 0 Å². The third-order valence-corrected chi connectivity index (χ3v) is 4.33. The monoisotopic (exact) mass is 225 g/mol. The first-order chi connectivity index (χ1) is 7.79. The molecule has 0 aromatic carbocycles. The van der Waals surface area contributed by atoms with Crippen LogP contribution < -0.4 is 5.32 Å². The average molecular weight is 225 g/mol. The van der Waals surface area contributed by atoms with Crippen LogP contribution in [0.2, 0.25) is 0 Å². The highest BCUT2D eigenvalue weighted by Gasteiger charge is 2.26. The molecule has 1 saturated heterocycles. The molecule has 2 rings (SSSR count). The highest BCUT2D eigenvalue weighted by molar-refractivity contribution is 4.84. The molecule has 1 saturated carbocycles. The van der Waals surface area contributed by atoms with Gasteiger partial charge in [-0.2, -0.15) is 0 Å². The molecule has 94 valence electrons. The Morgan fingerprint density at radius 1 is 1.00 bits per heavy atom. The molecule has 0 amide bonds. The third kappa shape index (κ3) is 3.19. The summed E-state index contributed by atoms with van der Waals surface area (Å²) in [5.41, 5.74) is 0. The first-order valence-electron chi connectivity index (χ1n) is 6.89. The van der Waals surface area contributed by atoms with Crippen LogP contribution in [0.5, 0.6) is 0 Å². The lowest BCUT2D eigenvalue weighted by Gasteiger charge is -2.37. The van der Waals surface area contributed by atoms with Crippen molar-refractivity contribution in [2.24, 2.45) is 0 Å². The minimum absolute atomic E-state index is 0.764. The molecule has 0 bridgehead atoms. The van der Waals surface area contributed by atoms with Gasteiger partial charge in [-0.3, -0.25) is 4.90 Å². The summed E-state index contributed by atoms with van der Waals surface area (Å²) in [5.74, 6) is 0. The van der Waals surface area contributed by atoms with Gasteiger partial charge in [0.05, 0.1) is 0 Å². The molecule has 0 aromatic heterocycles. The fraction of sp³-hybridized carbons (Fsp3) is 1.00. The van der Waals surface area contributed by atoms with E-state index >= 15 is 0 Å². The van der Waals surface area contributed by atoms with Crippen molar-refractivity contribution in [3.05, 3.63) is 0 Å². The van der Waals surface area contributed by atoms with Gasteiger partial charge >= 0.3 is 0 Å². The highest BCUT2D eigenvalue weighted by Crippen LogP contribution is 2.23. The van der Waals surface area contributed by atoms with E-state index < -0.39 is 0 Å². The molecule has 2 atom stereocenters. The summed E-state index contributed by atoms with van der Waals surface area (Å²) in [6, 6.07) is 1.61. The first-order valence-corrected chi connectivity index (χ1v) is 6.89. The van der Waals surface area contributed by atoms with Crippen LogP contribution in [0.3, 0.4) is 0 Å². The summed E-state index contributed by atoms with van der Waals surface area (Å²) in [7, 11) is 4.37. The molecule has 2 fully saturated rings. The van der Waals surface area contributed by atoms with Crippen LogP contribution in [0.4, 0.5) is 0 Å². The van der Waals surface area contributed by atoms with Crippen LogP contribution in [0.25, 0.3) is 0 Å². The number of nitrogens with zero attached hydrogens (tertiary/aromatic N) is 2. The van der Waals surface area contributed by atoms with E-state index in [1.165, 1.54) is 58.3 Å². The third-order valence-electron chi connectivity index (χ3n) is 4.33. The van der Waals surface area contributed by atoms with Gasteiger partial charge in [0.2, 0.25) is 0 Å². The number of rotatable bonds is 2. The quantitative estimate of drug-likeness (QED) is 0.761. The van der Waals surface area contributed by atoms with Crippen molar-refractivity contribution in [2.75, 3.05) is 40.3 Å². The molecule has 1 aliphatic heterocycles. The summed E-state index contributed by atoms with van der Waals surface area (Å²) >= 11 is 0. The lowest BCUT2D eigenvalue weighted by molar-refractivity contribution is 0.146. The van der Waals surface area contributed by atoms with Crippen molar-refractivity contribution in [2.45, 2.75) is 44.2 Å². The molecule has 1 heterocycles. The van der Waals surface area contributed by atoms with Gasteiger partial charge in [0.15, 0.2) is 0 Å². The molecule has 0 spiro atoms. The zero-order chi connectivity index (χ0) is 11.4. The minimum atomic E-state index is 0.764. The van der Waals surface area contributed by atoms with Gasteiger partial charge in [0.25, 0.3) is 0 Å². The number of hydrogen-bond donors (Lipinski definition) is 1. The summed E-state index contributed by atoms with van der Waals surface area (Å²) in [4.78, 5) is 5.21. The maximum atomic E-state index is 3.46. The van der Waals surface area contributed by atoms with Crippen LogP contribution >= 0.6 is 0 Å². The molecule has 0 aromatic rings. The van der Waals surface area contributed by atoms with E-state index in [4.69, 9.17) is 0 Å². The largest absolute Gasteiger partial charge is 0.317 e. The van der Waals surface area contributed by atoms with Crippen LogP contribution in [0.15, 0.2) is 0 Å². The minimum Gasteiger partial charge on any atom is -0.317 e. The second kappa shape index (κ2) is 5.99. The van der Waals surface area contributed by atoms with Crippen LogP contribution in [0, 0.1) is 0 Å². The Hall–Kier alpha value is -0.120. The standard InChI is InChI=1S/C13H27N3/c1-14-12-5-3-6-13(11-12)16-8-4-7-15(2)9-10-16/h12-14H,3-11H2,1-2H3/t12-,13+/m1/s1. The Labute approximate surface area is 100 Å². The highest BCUT2D eigenvalue weighted by atomic mass is 15.2. The normalized spacial score (nSPS) is 34.9. The molecule has 0 radical (unpaired) electrons. The molecule has 1 N–H and O–H groups in total. The smallest absolute Gasteiger partial charge is 0.0112 e. The Morgan fingerprint density at radius 2 is 1.88 bits per heavy atom. The Morgan fingerprint density at radius 3 is 2.69 bits per heavy atom. The van der Waals surface area contributed by atoms with Gasteiger partial charge < -0.3 is 10.2 Å². The second-order valence-corrected chi connectivity index (χ2v) is 5.50. The zero-order valence-corrected chi connectivity index (χ0v) is 10.9. The van der Waals surface area contributed by atoms with Crippen molar-refractivity contribution in [1.82, 2.24) is 15.1 Å². The molecular weight excluding hydrogens is 198 g/mol. The summed E-state index contributed by atoms with van der Waals surface area (Å²) in [6.45, 7) is 5.11. The van der Waals surface area contributed by atoms with Gasteiger partial charge in [0, 0.05) is 25.2 Å². The van der Waals surface area contributed by atoms with Gasteiger partial charge in [0.1, 0.15) is 0 Å². The molecule has 16 heavy (non-hydrogen) atoms. The van der Waals surface area contributed by atoms with Gasteiger partial charge in [-0.1, -0.05) is 6.42 Å². The fourth-order valence-electron chi connectivity index (χ4n) is 3.19. The van der Waals surface area contributed by atoms with E-state index in [1.807, 2.05) is 0 Å². The Kier molecular flexibility index (Phi) is 4.62. The number of nitrogens with one attached hydrogen (secondary N) is 1. The second-order valence-electron chi connectivity index (χ2n) is 5.50. The predicted molar refractivity (Wildman–Crippen MR) is 68.8 cm³/mol. The molecule has 3 heteroatoms. The first kappa shape index (κ1) is 12.3. The summed E-state index contributed by atoms with van der Waals surface area (Å²) in [5, 5.41) is 3.46. The van der Waals surface area contributed by atoms with E-state index in [9.17, 15) is 0 Å². The maximum absolute atomic E-state index is 3.46. The van der Waals surface area contributed by atoms with Crippen molar-refractivity contribution < 1.29 is 0 Å². The summed E-state index contributed by atoms with van der Waals surface area (Å²) < 4.78 is 0. The van der Waals surface area contributed by atoms with Crippen molar-refractivity contribution in [3.63, 3.8) is 0 Å². The lowest BCUT2D eigenvalue weighted by Crippen LogP contribution is -2.44. The molecular formula is C13H27N3. The molecule has 2 aliphatic rings. The average Bonchev–Trinajstić information content (AvgIpc) is 2.54. The molecule has 3 nitrogen and oxygen atoms in total. The van der Waals surface area contributed by atoms with Crippen LogP contribution in [-0.2, 0) is 0 Å². The van der Waals surface area contributed by atoms with Crippen molar-refractivity contribution in [1.29, 1.82) is 0 Å². The molecule has 1 aliphatic carbocycles. The number of likely N-dealkylation sites (N-methyl/N-ethyl adjacent to an activating group) is 1. The van der Waals surface area contributed by atoms with E-state index in [-0.39, 0.29) is 0 Å². The lowest BCUT2D eigenvalue weighted by atomic mass is 9.90. The zero-order valence-electron chi connectivity index (χ0n) is 10.9. The van der Waals surface area contributed by atoms with Gasteiger partial charge in [-0.25, -0.2) is 0 Å². The Balaban J connectivity index is 1.85. The SMILES string of the molecule is CN[C@@H]1CCC[C@H](N2CCCN(C)CC2)C1. The summed E-state index contributed by atoms with van der Waals surface area (Å²) in [6.07, 6.45) is 6.91. The van der Waals surface area contributed by atoms with Crippen LogP contribution in [0.1, 0.15) is 32.1 Å². The Bertz CT molecular complexity index is 207.